The van der Waals surface area contributed by atoms with Gasteiger partial charge in [-0.2, -0.15) is 0 Å². The Morgan fingerprint density at radius 3 is 2.53 bits per heavy atom. The number of carbonyl (C=O) groups is 1. The van der Waals surface area contributed by atoms with E-state index in [1.165, 1.54) is 0 Å². The van der Waals surface area contributed by atoms with Gasteiger partial charge in [-0.05, 0) is 44.5 Å². The van der Waals surface area contributed by atoms with Crippen molar-refractivity contribution in [2.75, 3.05) is 6.61 Å². The molecule has 0 atom stereocenters. The highest BCUT2D eigenvalue weighted by molar-refractivity contribution is 5.82. The molecule has 0 fully saturated rings. The van der Waals surface area contributed by atoms with E-state index in [0.29, 0.717) is 0 Å². The minimum absolute atomic E-state index is 0.0625. The summed E-state index contributed by atoms with van der Waals surface area (Å²) in [5.74, 6) is -1.40. The van der Waals surface area contributed by atoms with Crippen molar-refractivity contribution >= 4 is 5.78 Å². The van der Waals surface area contributed by atoms with Gasteiger partial charge in [0.1, 0.15) is 18.2 Å². The second-order valence-corrected chi connectivity index (χ2v) is 4.85. The fraction of sp³-hybridized carbons (Fsp3) is 0.462. The quantitative estimate of drug-likeness (QED) is 0.811. The van der Waals surface area contributed by atoms with E-state index in [1.54, 1.807) is 0 Å². The highest BCUT2D eigenvalue weighted by Crippen LogP contribution is 2.12. The molecule has 1 rings (SSSR count). The minimum atomic E-state index is -0.574. The molecule has 0 aliphatic rings. The molecule has 17 heavy (non-hydrogen) atoms. The summed E-state index contributed by atoms with van der Waals surface area (Å²) in [4.78, 5) is 11.5. The molecule has 0 aliphatic carbocycles. The molecule has 1 aromatic rings. The molecular formula is C13H16F2O2. The third-order valence-electron chi connectivity index (χ3n) is 2.06. The number of Topliss-reactive ketones (excluding diaryl/α,β-unsaturated/α-hetero) is 1. The normalized spacial score (nSPS) is 11.6. The summed E-state index contributed by atoms with van der Waals surface area (Å²) in [6, 6.07) is 3.07. The van der Waals surface area contributed by atoms with Gasteiger partial charge in [0.05, 0.1) is 5.60 Å². The lowest BCUT2D eigenvalue weighted by Gasteiger charge is -2.18. The van der Waals surface area contributed by atoms with Gasteiger partial charge < -0.3 is 4.74 Å². The van der Waals surface area contributed by atoms with Crippen LogP contribution in [0.3, 0.4) is 0 Å². The SMILES string of the molecule is CC(C)(C)OCC(=O)Cc1cc(F)ccc1F. The zero-order valence-corrected chi connectivity index (χ0v) is 10.2. The standard InChI is InChI=1S/C13H16F2O2/c1-13(2,3)17-8-11(16)7-9-6-10(14)4-5-12(9)15/h4-6H,7-8H2,1-3H3. The van der Waals surface area contributed by atoms with Crippen molar-refractivity contribution in [3.8, 4) is 0 Å². The largest absolute Gasteiger partial charge is 0.368 e. The first-order chi connectivity index (χ1) is 7.78. The van der Waals surface area contributed by atoms with Crippen LogP contribution in [0.5, 0.6) is 0 Å². The highest BCUT2D eigenvalue weighted by Gasteiger charge is 2.14. The summed E-state index contributed by atoms with van der Waals surface area (Å²) in [6.07, 6.45) is -0.153. The zero-order chi connectivity index (χ0) is 13.1. The Labute approximate surface area is 99.6 Å². The third kappa shape index (κ3) is 5.04. The smallest absolute Gasteiger partial charge is 0.162 e. The molecule has 94 valence electrons. The summed E-state index contributed by atoms with van der Waals surface area (Å²) >= 11 is 0. The maximum atomic E-state index is 13.2. The van der Waals surface area contributed by atoms with Gasteiger partial charge >= 0.3 is 0 Å². The van der Waals surface area contributed by atoms with Crippen molar-refractivity contribution in [1.82, 2.24) is 0 Å². The predicted octanol–water partition coefficient (Wildman–Crippen LogP) is 2.89. The minimum Gasteiger partial charge on any atom is -0.368 e. The molecule has 0 amide bonds. The first-order valence-corrected chi connectivity index (χ1v) is 5.37. The summed E-state index contributed by atoms with van der Waals surface area (Å²) in [7, 11) is 0. The van der Waals surface area contributed by atoms with E-state index in [9.17, 15) is 13.6 Å². The summed E-state index contributed by atoms with van der Waals surface area (Å²) in [6.45, 7) is 5.37. The lowest BCUT2D eigenvalue weighted by atomic mass is 10.1. The van der Waals surface area contributed by atoms with Gasteiger partial charge in [0.2, 0.25) is 0 Å². The van der Waals surface area contributed by atoms with Gasteiger partial charge in [-0.25, -0.2) is 8.78 Å². The lowest BCUT2D eigenvalue weighted by Crippen LogP contribution is -2.24. The Kier molecular flexibility index (Phi) is 4.34. The highest BCUT2D eigenvalue weighted by atomic mass is 19.1. The van der Waals surface area contributed by atoms with E-state index in [0.717, 1.165) is 18.2 Å². The van der Waals surface area contributed by atoms with Crippen LogP contribution in [0, 0.1) is 11.6 Å². The number of hydrogen-bond acceptors (Lipinski definition) is 2. The van der Waals surface area contributed by atoms with Crippen LogP contribution in [0.1, 0.15) is 26.3 Å². The number of halogens is 2. The first-order valence-electron chi connectivity index (χ1n) is 5.37. The van der Waals surface area contributed by atoms with Crippen LogP contribution in [-0.2, 0) is 16.0 Å². The molecule has 2 nitrogen and oxygen atoms in total. The molecule has 4 heteroatoms. The van der Waals surface area contributed by atoms with E-state index in [2.05, 4.69) is 0 Å². The molecule has 0 bridgehead atoms. The van der Waals surface area contributed by atoms with E-state index < -0.39 is 17.2 Å². The third-order valence-corrected chi connectivity index (χ3v) is 2.06. The molecule has 0 aliphatic heterocycles. The zero-order valence-electron chi connectivity index (χ0n) is 10.2. The molecule has 0 N–H and O–H groups in total. The summed E-state index contributed by atoms with van der Waals surface area (Å²) < 4.78 is 31.4. The lowest BCUT2D eigenvalue weighted by molar-refractivity contribution is -0.127. The summed E-state index contributed by atoms with van der Waals surface area (Å²) in [5, 5.41) is 0. The molecule has 1 aromatic carbocycles. The topological polar surface area (TPSA) is 26.3 Å². The fourth-order valence-electron chi connectivity index (χ4n) is 1.24. The Morgan fingerprint density at radius 2 is 1.94 bits per heavy atom. The van der Waals surface area contributed by atoms with Crippen LogP contribution >= 0.6 is 0 Å². The van der Waals surface area contributed by atoms with E-state index in [-0.39, 0.29) is 24.4 Å². The van der Waals surface area contributed by atoms with Gasteiger partial charge in [-0.1, -0.05) is 0 Å². The van der Waals surface area contributed by atoms with Gasteiger partial charge in [0.25, 0.3) is 0 Å². The Hall–Kier alpha value is -1.29. The molecule has 0 radical (unpaired) electrons. The van der Waals surface area contributed by atoms with Crippen LogP contribution in [0.25, 0.3) is 0 Å². The molecular weight excluding hydrogens is 226 g/mol. The Balaban J connectivity index is 2.59. The van der Waals surface area contributed by atoms with E-state index >= 15 is 0 Å². The van der Waals surface area contributed by atoms with Crippen molar-refractivity contribution in [2.45, 2.75) is 32.8 Å². The number of rotatable bonds is 4. The van der Waals surface area contributed by atoms with Crippen LogP contribution in [-0.4, -0.2) is 18.0 Å². The second kappa shape index (κ2) is 5.36. The van der Waals surface area contributed by atoms with Gasteiger partial charge in [-0.15, -0.1) is 0 Å². The van der Waals surface area contributed by atoms with Crippen LogP contribution in [0.15, 0.2) is 18.2 Å². The number of hydrogen-bond donors (Lipinski definition) is 0. The van der Waals surface area contributed by atoms with Crippen molar-refractivity contribution in [3.05, 3.63) is 35.4 Å². The molecule has 0 aromatic heterocycles. The number of ketones is 1. The van der Waals surface area contributed by atoms with E-state index in [1.807, 2.05) is 20.8 Å². The maximum Gasteiger partial charge on any atom is 0.162 e. The molecule has 0 unspecified atom stereocenters. The van der Waals surface area contributed by atoms with Gasteiger partial charge in [0, 0.05) is 6.42 Å². The van der Waals surface area contributed by atoms with Crippen LogP contribution in [0.4, 0.5) is 8.78 Å². The van der Waals surface area contributed by atoms with Gasteiger partial charge in [0.15, 0.2) is 5.78 Å². The van der Waals surface area contributed by atoms with Crippen molar-refractivity contribution in [3.63, 3.8) is 0 Å². The molecule has 0 heterocycles. The fourth-order valence-corrected chi connectivity index (χ4v) is 1.24. The van der Waals surface area contributed by atoms with Crippen molar-refractivity contribution in [2.24, 2.45) is 0 Å². The monoisotopic (exact) mass is 242 g/mol. The van der Waals surface area contributed by atoms with Crippen molar-refractivity contribution in [1.29, 1.82) is 0 Å². The average Bonchev–Trinajstić information content (AvgIpc) is 2.20. The Bertz CT molecular complexity index is 408. The van der Waals surface area contributed by atoms with Crippen LogP contribution in [0.2, 0.25) is 0 Å². The summed E-state index contributed by atoms with van der Waals surface area (Å²) in [5.41, 5.74) is -0.358. The molecule has 0 saturated carbocycles. The first kappa shape index (κ1) is 13.8. The Morgan fingerprint density at radius 1 is 1.29 bits per heavy atom. The van der Waals surface area contributed by atoms with Crippen LogP contribution < -0.4 is 0 Å². The van der Waals surface area contributed by atoms with Gasteiger partial charge in [-0.3, -0.25) is 4.79 Å². The number of carbonyl (C=O) groups excluding carboxylic acids is 1. The van der Waals surface area contributed by atoms with Crippen molar-refractivity contribution < 1.29 is 18.3 Å². The second-order valence-electron chi connectivity index (χ2n) is 4.85. The number of ether oxygens (including phenoxy) is 1. The number of benzene rings is 1. The predicted molar refractivity (Wildman–Crippen MR) is 60.8 cm³/mol. The molecule has 0 saturated heterocycles. The van der Waals surface area contributed by atoms with E-state index in [4.69, 9.17) is 4.74 Å². The molecule has 0 spiro atoms. The average molecular weight is 242 g/mol. The maximum absolute atomic E-state index is 13.2.